The zero-order chi connectivity index (χ0) is 14.4. The van der Waals surface area contributed by atoms with Gasteiger partial charge in [-0.25, -0.2) is 19.5 Å². The molecule has 0 bridgehead atoms. The number of methoxy groups -OCH3 is 1. The maximum absolute atomic E-state index is 5.82. The average Bonchev–Trinajstić information content (AvgIpc) is 3.25. The van der Waals surface area contributed by atoms with E-state index in [2.05, 4.69) is 20.1 Å². The second-order valence-corrected chi connectivity index (χ2v) is 5.35. The van der Waals surface area contributed by atoms with Crippen LogP contribution in [0, 0.1) is 0 Å². The third kappa shape index (κ3) is 2.21. The Hall–Kier alpha value is -2.21. The molecule has 1 fully saturated rings. The van der Waals surface area contributed by atoms with Crippen LogP contribution in [-0.2, 0) is 0 Å². The van der Waals surface area contributed by atoms with Gasteiger partial charge in [0.1, 0.15) is 5.69 Å². The highest BCUT2D eigenvalue weighted by Gasteiger charge is 2.29. The van der Waals surface area contributed by atoms with Crippen molar-refractivity contribution in [3.63, 3.8) is 0 Å². The monoisotopic (exact) mass is 301 g/mol. The van der Waals surface area contributed by atoms with Crippen molar-refractivity contribution in [1.29, 1.82) is 0 Å². The Morgan fingerprint density at radius 2 is 2.14 bits per heavy atom. The minimum Gasteiger partial charge on any atom is -0.493 e. The van der Waals surface area contributed by atoms with Crippen molar-refractivity contribution in [3.8, 4) is 17.1 Å². The van der Waals surface area contributed by atoms with E-state index >= 15 is 0 Å². The van der Waals surface area contributed by atoms with Gasteiger partial charge in [-0.1, -0.05) is 0 Å². The van der Waals surface area contributed by atoms with Crippen LogP contribution in [0.1, 0.15) is 24.5 Å². The average molecular weight is 302 g/mol. The van der Waals surface area contributed by atoms with Crippen molar-refractivity contribution in [3.05, 3.63) is 35.5 Å². The third-order valence-electron chi connectivity index (χ3n) is 3.52. The molecule has 3 heterocycles. The summed E-state index contributed by atoms with van der Waals surface area (Å²) >= 11 is 5.82. The van der Waals surface area contributed by atoms with Crippen LogP contribution in [0.5, 0.6) is 5.75 Å². The van der Waals surface area contributed by atoms with Gasteiger partial charge < -0.3 is 4.74 Å². The lowest BCUT2D eigenvalue weighted by molar-refractivity contribution is 0.403. The molecule has 0 N–H and O–H groups in total. The molecule has 0 saturated heterocycles. The highest BCUT2D eigenvalue weighted by atomic mass is 35.5. The summed E-state index contributed by atoms with van der Waals surface area (Å²) in [6.07, 6.45) is 5.81. The van der Waals surface area contributed by atoms with Crippen LogP contribution in [0.4, 0.5) is 0 Å². The number of halogens is 1. The van der Waals surface area contributed by atoms with Crippen LogP contribution >= 0.6 is 11.6 Å². The quantitative estimate of drug-likeness (QED) is 0.696. The molecule has 1 aliphatic carbocycles. The zero-order valence-corrected chi connectivity index (χ0v) is 12.1. The molecular weight excluding hydrogens is 290 g/mol. The molecule has 0 amide bonds. The molecule has 0 aromatic carbocycles. The molecule has 7 heteroatoms. The minimum absolute atomic E-state index is 0.203. The molecular formula is C14H12ClN5O. The number of aromatic nitrogens is 5. The summed E-state index contributed by atoms with van der Waals surface area (Å²) in [5.41, 5.74) is 3.17. The van der Waals surface area contributed by atoms with E-state index in [0.29, 0.717) is 17.3 Å². The molecule has 0 radical (unpaired) electrons. The Bertz CT molecular complexity index is 827. The molecule has 6 nitrogen and oxygen atoms in total. The van der Waals surface area contributed by atoms with E-state index in [9.17, 15) is 0 Å². The van der Waals surface area contributed by atoms with E-state index in [0.717, 1.165) is 17.1 Å². The zero-order valence-electron chi connectivity index (χ0n) is 11.3. The Morgan fingerprint density at radius 3 is 2.86 bits per heavy atom. The van der Waals surface area contributed by atoms with Gasteiger partial charge in [0.05, 0.1) is 24.7 Å². The molecule has 1 saturated carbocycles. The van der Waals surface area contributed by atoms with E-state index in [-0.39, 0.29) is 5.28 Å². The first-order chi connectivity index (χ1) is 10.2. The Morgan fingerprint density at radius 1 is 1.29 bits per heavy atom. The van der Waals surface area contributed by atoms with Gasteiger partial charge in [0.2, 0.25) is 5.28 Å². The Balaban J connectivity index is 1.86. The lowest BCUT2D eigenvalue weighted by Gasteiger charge is -2.06. The van der Waals surface area contributed by atoms with Crippen molar-refractivity contribution >= 4 is 17.2 Å². The van der Waals surface area contributed by atoms with Crippen LogP contribution in [0.2, 0.25) is 5.28 Å². The second kappa shape index (κ2) is 4.66. The number of ether oxygens (including phenoxy) is 1. The largest absolute Gasteiger partial charge is 0.493 e. The molecule has 3 aromatic rings. The summed E-state index contributed by atoms with van der Waals surface area (Å²) in [4.78, 5) is 12.7. The summed E-state index contributed by atoms with van der Waals surface area (Å²) in [7, 11) is 1.66. The fraction of sp³-hybridized carbons (Fsp3) is 0.286. The molecule has 0 spiro atoms. The lowest BCUT2D eigenvalue weighted by Crippen LogP contribution is -1.99. The Labute approximate surface area is 125 Å². The topological polar surface area (TPSA) is 65.2 Å². The van der Waals surface area contributed by atoms with E-state index in [1.807, 2.05) is 12.3 Å². The van der Waals surface area contributed by atoms with Gasteiger partial charge in [0.15, 0.2) is 11.4 Å². The summed E-state index contributed by atoms with van der Waals surface area (Å²) in [5, 5.41) is 4.68. The van der Waals surface area contributed by atoms with Gasteiger partial charge in [0.25, 0.3) is 0 Å². The van der Waals surface area contributed by atoms with Crippen molar-refractivity contribution in [2.45, 2.75) is 18.8 Å². The standard InChI is InChI=1S/C14H12ClN5O/c1-21-11-7-20-12(18-13(11)8-2-3-8)6-10(19-20)9-4-5-16-14(15)17-9/h4-8H,2-3H2,1H3. The van der Waals surface area contributed by atoms with Gasteiger partial charge in [-0.2, -0.15) is 5.10 Å². The predicted molar refractivity (Wildman–Crippen MR) is 77.6 cm³/mol. The molecule has 1 aliphatic rings. The van der Waals surface area contributed by atoms with E-state index in [1.165, 1.54) is 12.8 Å². The number of hydrogen-bond acceptors (Lipinski definition) is 5. The second-order valence-electron chi connectivity index (χ2n) is 5.01. The summed E-state index contributed by atoms with van der Waals surface area (Å²) < 4.78 is 7.12. The van der Waals surface area contributed by atoms with Gasteiger partial charge in [0, 0.05) is 18.2 Å². The van der Waals surface area contributed by atoms with Crippen molar-refractivity contribution in [2.24, 2.45) is 0 Å². The van der Waals surface area contributed by atoms with Crippen LogP contribution in [-0.4, -0.2) is 31.7 Å². The van der Waals surface area contributed by atoms with Gasteiger partial charge in [-0.15, -0.1) is 0 Å². The molecule has 0 unspecified atom stereocenters. The van der Waals surface area contributed by atoms with Crippen LogP contribution < -0.4 is 4.74 Å². The van der Waals surface area contributed by atoms with Crippen molar-refractivity contribution in [1.82, 2.24) is 24.6 Å². The normalized spacial score (nSPS) is 14.6. The van der Waals surface area contributed by atoms with Crippen LogP contribution in [0.3, 0.4) is 0 Å². The fourth-order valence-electron chi connectivity index (χ4n) is 2.33. The summed E-state index contributed by atoms with van der Waals surface area (Å²) in [6.45, 7) is 0. The van der Waals surface area contributed by atoms with Gasteiger partial charge in [-0.3, -0.25) is 0 Å². The van der Waals surface area contributed by atoms with E-state index < -0.39 is 0 Å². The van der Waals surface area contributed by atoms with Gasteiger partial charge in [-0.05, 0) is 30.5 Å². The number of fused-ring (bicyclic) bond motifs is 1. The summed E-state index contributed by atoms with van der Waals surface area (Å²) in [6, 6.07) is 3.66. The maximum Gasteiger partial charge on any atom is 0.222 e. The molecule has 4 rings (SSSR count). The van der Waals surface area contributed by atoms with E-state index in [1.54, 1.807) is 23.9 Å². The molecule has 21 heavy (non-hydrogen) atoms. The highest BCUT2D eigenvalue weighted by Crippen LogP contribution is 2.43. The number of nitrogens with zero attached hydrogens (tertiary/aromatic N) is 5. The van der Waals surface area contributed by atoms with Crippen molar-refractivity contribution < 1.29 is 4.74 Å². The predicted octanol–water partition coefficient (Wildman–Crippen LogP) is 2.73. The highest BCUT2D eigenvalue weighted by molar-refractivity contribution is 6.28. The van der Waals surface area contributed by atoms with Crippen LogP contribution in [0.15, 0.2) is 24.5 Å². The molecule has 0 atom stereocenters. The maximum atomic E-state index is 5.82. The molecule has 3 aromatic heterocycles. The fourth-order valence-corrected chi connectivity index (χ4v) is 2.48. The molecule has 0 aliphatic heterocycles. The third-order valence-corrected chi connectivity index (χ3v) is 3.70. The number of hydrogen-bond donors (Lipinski definition) is 0. The first-order valence-corrected chi connectivity index (χ1v) is 7.05. The SMILES string of the molecule is COc1cn2nc(-c3ccnc(Cl)n3)cc2nc1C1CC1. The summed E-state index contributed by atoms with van der Waals surface area (Å²) in [5.74, 6) is 1.29. The smallest absolute Gasteiger partial charge is 0.222 e. The number of rotatable bonds is 3. The lowest BCUT2D eigenvalue weighted by atomic mass is 10.2. The van der Waals surface area contributed by atoms with Gasteiger partial charge >= 0.3 is 0 Å². The Kier molecular flexibility index (Phi) is 2.78. The first-order valence-electron chi connectivity index (χ1n) is 6.68. The van der Waals surface area contributed by atoms with E-state index in [4.69, 9.17) is 16.3 Å². The van der Waals surface area contributed by atoms with Crippen LogP contribution in [0.25, 0.3) is 17.0 Å². The first kappa shape index (κ1) is 12.5. The minimum atomic E-state index is 0.203. The molecule has 106 valence electrons. The van der Waals surface area contributed by atoms with Crippen molar-refractivity contribution in [2.75, 3.05) is 7.11 Å².